The Labute approximate surface area is 118 Å². The molecule has 0 radical (unpaired) electrons. The standard InChI is InChI=1S/C16H18N2O2/c1-11-3-8-14(17)15(9-11)18-16(19)10-12-4-6-13(20-2)7-5-12/h3-9H,10,17H2,1-2H3,(H,18,19). The van der Waals surface area contributed by atoms with Gasteiger partial charge in [0.2, 0.25) is 5.91 Å². The quantitative estimate of drug-likeness (QED) is 0.840. The smallest absolute Gasteiger partial charge is 0.228 e. The molecule has 2 aromatic carbocycles. The number of aryl methyl sites for hydroxylation is 1. The highest BCUT2D eigenvalue weighted by Crippen LogP contribution is 2.20. The minimum atomic E-state index is -0.0903. The van der Waals surface area contributed by atoms with E-state index in [4.69, 9.17) is 10.5 Å². The molecule has 0 aliphatic rings. The molecule has 2 rings (SSSR count). The number of benzene rings is 2. The molecule has 0 bridgehead atoms. The molecule has 1 amide bonds. The van der Waals surface area contributed by atoms with Gasteiger partial charge in [-0.1, -0.05) is 18.2 Å². The number of nitrogens with one attached hydrogen (secondary N) is 1. The number of carbonyl (C=O) groups is 1. The van der Waals surface area contributed by atoms with Crippen LogP contribution < -0.4 is 15.8 Å². The summed E-state index contributed by atoms with van der Waals surface area (Å²) in [7, 11) is 1.61. The Morgan fingerprint density at radius 1 is 1.20 bits per heavy atom. The lowest BCUT2D eigenvalue weighted by Gasteiger charge is -2.09. The monoisotopic (exact) mass is 270 g/mol. The molecule has 0 saturated carbocycles. The van der Waals surface area contributed by atoms with E-state index in [-0.39, 0.29) is 5.91 Å². The van der Waals surface area contributed by atoms with Crippen LogP contribution in [-0.4, -0.2) is 13.0 Å². The average Bonchev–Trinajstić information content (AvgIpc) is 2.43. The summed E-state index contributed by atoms with van der Waals surface area (Å²) in [4.78, 5) is 12.0. The van der Waals surface area contributed by atoms with E-state index >= 15 is 0 Å². The second-order valence-corrected chi connectivity index (χ2v) is 4.66. The van der Waals surface area contributed by atoms with Crippen molar-refractivity contribution >= 4 is 17.3 Å². The number of methoxy groups -OCH3 is 1. The third kappa shape index (κ3) is 3.51. The second-order valence-electron chi connectivity index (χ2n) is 4.66. The number of ether oxygens (including phenoxy) is 1. The Hall–Kier alpha value is -2.49. The van der Waals surface area contributed by atoms with Gasteiger partial charge in [-0.15, -0.1) is 0 Å². The minimum Gasteiger partial charge on any atom is -0.497 e. The summed E-state index contributed by atoms with van der Waals surface area (Å²) in [6.45, 7) is 1.96. The summed E-state index contributed by atoms with van der Waals surface area (Å²) in [6, 6.07) is 13.0. The molecule has 104 valence electrons. The second kappa shape index (κ2) is 6.10. The molecule has 0 aliphatic carbocycles. The van der Waals surface area contributed by atoms with Crippen molar-refractivity contribution in [3.8, 4) is 5.75 Å². The van der Waals surface area contributed by atoms with E-state index < -0.39 is 0 Å². The number of hydrogen-bond donors (Lipinski definition) is 2. The fourth-order valence-corrected chi connectivity index (χ4v) is 1.90. The molecule has 4 heteroatoms. The third-order valence-electron chi connectivity index (χ3n) is 3.01. The molecule has 3 N–H and O–H groups in total. The van der Waals surface area contributed by atoms with Gasteiger partial charge in [-0.25, -0.2) is 0 Å². The maximum absolute atomic E-state index is 12.0. The van der Waals surface area contributed by atoms with Gasteiger partial charge >= 0.3 is 0 Å². The van der Waals surface area contributed by atoms with Crippen LogP contribution in [0.15, 0.2) is 42.5 Å². The van der Waals surface area contributed by atoms with E-state index in [2.05, 4.69) is 5.32 Å². The molecule has 0 heterocycles. The zero-order valence-electron chi connectivity index (χ0n) is 11.6. The van der Waals surface area contributed by atoms with Crippen molar-refractivity contribution in [2.24, 2.45) is 0 Å². The third-order valence-corrected chi connectivity index (χ3v) is 3.01. The minimum absolute atomic E-state index is 0.0903. The van der Waals surface area contributed by atoms with Crippen LogP contribution in [0.25, 0.3) is 0 Å². The first-order chi connectivity index (χ1) is 9.58. The van der Waals surface area contributed by atoms with Gasteiger partial charge in [-0.3, -0.25) is 4.79 Å². The lowest BCUT2D eigenvalue weighted by Crippen LogP contribution is -2.15. The molecule has 2 aromatic rings. The Kier molecular flexibility index (Phi) is 4.25. The number of nitrogens with two attached hydrogens (primary N) is 1. The van der Waals surface area contributed by atoms with E-state index in [1.165, 1.54) is 0 Å². The van der Waals surface area contributed by atoms with Crippen molar-refractivity contribution in [3.63, 3.8) is 0 Å². The number of anilines is 2. The Morgan fingerprint density at radius 3 is 2.55 bits per heavy atom. The first-order valence-electron chi connectivity index (χ1n) is 6.37. The Morgan fingerprint density at radius 2 is 1.90 bits per heavy atom. The van der Waals surface area contributed by atoms with E-state index in [0.29, 0.717) is 17.8 Å². The summed E-state index contributed by atoms with van der Waals surface area (Å²) in [5.41, 5.74) is 9.04. The van der Waals surface area contributed by atoms with Crippen molar-refractivity contribution in [2.75, 3.05) is 18.2 Å². The predicted octanol–water partition coefficient (Wildman–Crippen LogP) is 2.77. The maximum Gasteiger partial charge on any atom is 0.228 e. The number of carbonyl (C=O) groups excluding carboxylic acids is 1. The van der Waals surface area contributed by atoms with Crippen LogP contribution in [0.2, 0.25) is 0 Å². The van der Waals surface area contributed by atoms with Crippen LogP contribution in [0.1, 0.15) is 11.1 Å². The van der Waals surface area contributed by atoms with Crippen LogP contribution >= 0.6 is 0 Å². The van der Waals surface area contributed by atoms with Gasteiger partial charge < -0.3 is 15.8 Å². The van der Waals surface area contributed by atoms with Gasteiger partial charge in [-0.2, -0.15) is 0 Å². The Bertz CT molecular complexity index is 606. The molecule has 0 fully saturated rings. The summed E-state index contributed by atoms with van der Waals surface area (Å²) in [5, 5.41) is 2.83. The van der Waals surface area contributed by atoms with Crippen molar-refractivity contribution in [3.05, 3.63) is 53.6 Å². The SMILES string of the molecule is COc1ccc(CC(=O)Nc2cc(C)ccc2N)cc1. The number of nitrogen functional groups attached to an aromatic ring is 1. The van der Waals surface area contributed by atoms with E-state index in [1.807, 2.05) is 43.3 Å². The van der Waals surface area contributed by atoms with Gasteiger partial charge in [-0.05, 0) is 42.3 Å². The van der Waals surface area contributed by atoms with Crippen LogP contribution in [0.4, 0.5) is 11.4 Å². The van der Waals surface area contributed by atoms with Crippen LogP contribution in [0.5, 0.6) is 5.75 Å². The number of rotatable bonds is 4. The lowest BCUT2D eigenvalue weighted by molar-refractivity contribution is -0.115. The van der Waals surface area contributed by atoms with Gasteiger partial charge in [0.05, 0.1) is 24.9 Å². The molecular formula is C16H18N2O2. The lowest BCUT2D eigenvalue weighted by atomic mass is 10.1. The zero-order valence-corrected chi connectivity index (χ0v) is 11.6. The van der Waals surface area contributed by atoms with E-state index in [0.717, 1.165) is 16.9 Å². The summed E-state index contributed by atoms with van der Waals surface area (Å²) < 4.78 is 5.08. The largest absolute Gasteiger partial charge is 0.497 e. The van der Waals surface area contributed by atoms with Crippen LogP contribution in [-0.2, 0) is 11.2 Å². The molecule has 0 unspecified atom stereocenters. The van der Waals surface area contributed by atoms with Crippen LogP contribution in [0.3, 0.4) is 0 Å². The molecule has 4 nitrogen and oxygen atoms in total. The van der Waals surface area contributed by atoms with Gasteiger partial charge in [0.1, 0.15) is 5.75 Å². The summed E-state index contributed by atoms with van der Waals surface area (Å²) in [6.07, 6.45) is 0.303. The van der Waals surface area contributed by atoms with Gasteiger partial charge in [0.25, 0.3) is 0 Å². The highest BCUT2D eigenvalue weighted by atomic mass is 16.5. The topological polar surface area (TPSA) is 64.3 Å². The average molecular weight is 270 g/mol. The highest BCUT2D eigenvalue weighted by molar-refractivity contribution is 5.95. The molecule has 0 aliphatic heterocycles. The molecule has 0 saturated heterocycles. The van der Waals surface area contributed by atoms with Gasteiger partial charge in [0, 0.05) is 0 Å². The highest BCUT2D eigenvalue weighted by Gasteiger charge is 2.07. The van der Waals surface area contributed by atoms with Crippen molar-refractivity contribution in [1.82, 2.24) is 0 Å². The molecule has 0 spiro atoms. The van der Waals surface area contributed by atoms with Crippen molar-refractivity contribution in [1.29, 1.82) is 0 Å². The predicted molar refractivity (Wildman–Crippen MR) is 80.9 cm³/mol. The van der Waals surface area contributed by atoms with E-state index in [1.54, 1.807) is 13.2 Å². The first-order valence-corrected chi connectivity index (χ1v) is 6.37. The fourth-order valence-electron chi connectivity index (χ4n) is 1.90. The zero-order chi connectivity index (χ0) is 14.5. The fraction of sp³-hybridized carbons (Fsp3) is 0.188. The van der Waals surface area contributed by atoms with Gasteiger partial charge in [0.15, 0.2) is 0 Å². The van der Waals surface area contributed by atoms with Crippen LogP contribution in [0, 0.1) is 6.92 Å². The first kappa shape index (κ1) is 13.9. The summed E-state index contributed by atoms with van der Waals surface area (Å²) in [5.74, 6) is 0.685. The van der Waals surface area contributed by atoms with E-state index in [9.17, 15) is 4.79 Å². The van der Waals surface area contributed by atoms with Crippen molar-refractivity contribution in [2.45, 2.75) is 13.3 Å². The number of hydrogen-bond acceptors (Lipinski definition) is 3. The van der Waals surface area contributed by atoms with Crippen molar-refractivity contribution < 1.29 is 9.53 Å². The Balaban J connectivity index is 2.03. The number of amides is 1. The molecule has 0 atom stereocenters. The summed E-state index contributed by atoms with van der Waals surface area (Å²) >= 11 is 0. The molecule has 20 heavy (non-hydrogen) atoms. The molecular weight excluding hydrogens is 252 g/mol. The normalized spacial score (nSPS) is 10.1. The maximum atomic E-state index is 12.0. The molecule has 0 aromatic heterocycles.